The highest BCUT2D eigenvalue weighted by Crippen LogP contribution is 2.25. The van der Waals surface area contributed by atoms with Crippen molar-refractivity contribution in [1.82, 2.24) is 0 Å². The van der Waals surface area contributed by atoms with Crippen molar-refractivity contribution in [3.05, 3.63) is 29.6 Å². The van der Waals surface area contributed by atoms with Crippen molar-refractivity contribution in [1.29, 1.82) is 0 Å². The number of hydrogen-bond donors (Lipinski definition) is 3. The van der Waals surface area contributed by atoms with Gasteiger partial charge in [-0.15, -0.1) is 0 Å². The average molecular weight is 295 g/mol. The summed E-state index contributed by atoms with van der Waals surface area (Å²) < 4.78 is 19.4. The lowest BCUT2D eigenvalue weighted by Gasteiger charge is -2.16. The lowest BCUT2D eigenvalue weighted by atomic mass is 9.98. The zero-order chi connectivity index (χ0) is 15.4. The fraction of sp³-hybridized carbons (Fsp3) is 0.429. The molecule has 0 saturated carbocycles. The predicted molar refractivity (Wildman–Crippen MR) is 75.7 cm³/mol. The van der Waals surface area contributed by atoms with Crippen LogP contribution in [0, 0.1) is 11.7 Å². The van der Waals surface area contributed by atoms with Gasteiger partial charge in [-0.05, 0) is 31.0 Å². The quantitative estimate of drug-likeness (QED) is 0.341. The molecule has 0 spiro atoms. The van der Waals surface area contributed by atoms with E-state index in [0.29, 0.717) is 13.0 Å². The largest absolute Gasteiger partial charge is 0.409 e. The molecule has 1 aromatic carbocycles. The monoisotopic (exact) mass is 295 g/mol. The van der Waals surface area contributed by atoms with Gasteiger partial charge in [-0.2, -0.15) is 0 Å². The Bertz CT molecular complexity index is 562. The molecule has 1 aliphatic rings. The van der Waals surface area contributed by atoms with E-state index in [9.17, 15) is 9.18 Å². The highest BCUT2D eigenvalue weighted by molar-refractivity contribution is 5.98. The molecule has 4 N–H and O–H groups in total. The van der Waals surface area contributed by atoms with Gasteiger partial charge in [0.05, 0.1) is 17.7 Å². The van der Waals surface area contributed by atoms with Crippen molar-refractivity contribution in [2.24, 2.45) is 16.8 Å². The smallest absolute Gasteiger partial charge is 0.230 e. The standard InChI is InChI=1S/C14H18FN3O3/c1-2-12-9(5-6-21-12)14(19)17-11-4-3-8(7-10(11)15)13(16)18-20/h3-4,7,9,12,20H,2,5-6H2,1H3,(H2,16,18)(H,17,19). The van der Waals surface area contributed by atoms with Gasteiger partial charge < -0.3 is 21.0 Å². The molecule has 1 aromatic rings. The molecule has 0 aromatic heterocycles. The Hall–Kier alpha value is -2.15. The Morgan fingerprint density at radius 3 is 3.00 bits per heavy atom. The molecule has 0 aliphatic carbocycles. The number of carbonyl (C=O) groups excluding carboxylic acids is 1. The molecular formula is C14H18FN3O3. The summed E-state index contributed by atoms with van der Waals surface area (Å²) in [5.74, 6) is -1.35. The Morgan fingerprint density at radius 2 is 2.38 bits per heavy atom. The summed E-state index contributed by atoms with van der Waals surface area (Å²) in [6.45, 7) is 2.49. The summed E-state index contributed by atoms with van der Waals surface area (Å²) in [7, 11) is 0. The molecule has 114 valence electrons. The first-order valence-corrected chi connectivity index (χ1v) is 6.76. The Morgan fingerprint density at radius 1 is 1.62 bits per heavy atom. The summed E-state index contributed by atoms with van der Waals surface area (Å²) in [6.07, 6.45) is 1.25. The number of nitrogens with zero attached hydrogens (tertiary/aromatic N) is 1. The zero-order valence-corrected chi connectivity index (χ0v) is 11.7. The van der Waals surface area contributed by atoms with Gasteiger partial charge in [0.25, 0.3) is 0 Å². The van der Waals surface area contributed by atoms with E-state index >= 15 is 0 Å². The van der Waals surface area contributed by atoms with Crippen LogP contribution in [0.25, 0.3) is 0 Å². The molecule has 21 heavy (non-hydrogen) atoms. The highest BCUT2D eigenvalue weighted by Gasteiger charge is 2.33. The van der Waals surface area contributed by atoms with Crippen LogP contribution in [-0.4, -0.2) is 29.7 Å². The van der Waals surface area contributed by atoms with Crippen LogP contribution in [0.2, 0.25) is 0 Å². The third-order valence-corrected chi connectivity index (χ3v) is 3.58. The van der Waals surface area contributed by atoms with Crippen LogP contribution in [0.3, 0.4) is 0 Å². The number of ether oxygens (including phenoxy) is 1. The van der Waals surface area contributed by atoms with E-state index in [4.69, 9.17) is 15.7 Å². The molecule has 2 atom stereocenters. The minimum atomic E-state index is -0.639. The molecule has 2 rings (SSSR count). The van der Waals surface area contributed by atoms with Crippen LogP contribution in [0.1, 0.15) is 25.3 Å². The lowest BCUT2D eigenvalue weighted by Crippen LogP contribution is -2.29. The first kappa shape index (κ1) is 15.2. The third kappa shape index (κ3) is 3.30. The lowest BCUT2D eigenvalue weighted by molar-refractivity contribution is -0.121. The number of carbonyl (C=O) groups is 1. The van der Waals surface area contributed by atoms with E-state index in [-0.39, 0.29) is 35.0 Å². The van der Waals surface area contributed by atoms with Crippen molar-refractivity contribution in [3.63, 3.8) is 0 Å². The maximum Gasteiger partial charge on any atom is 0.230 e. The van der Waals surface area contributed by atoms with Gasteiger partial charge in [0, 0.05) is 12.2 Å². The second-order valence-electron chi connectivity index (χ2n) is 4.88. The summed E-state index contributed by atoms with van der Waals surface area (Å²) in [5.41, 5.74) is 5.69. The number of hydrogen-bond acceptors (Lipinski definition) is 4. The van der Waals surface area contributed by atoms with Gasteiger partial charge in [0.15, 0.2) is 5.84 Å². The number of amidine groups is 1. The minimum Gasteiger partial charge on any atom is -0.409 e. The second-order valence-corrected chi connectivity index (χ2v) is 4.88. The van der Waals surface area contributed by atoms with Gasteiger partial charge in [-0.1, -0.05) is 12.1 Å². The molecule has 1 aliphatic heterocycles. The fourth-order valence-corrected chi connectivity index (χ4v) is 2.41. The second kappa shape index (κ2) is 6.53. The van der Waals surface area contributed by atoms with Crippen LogP contribution >= 0.6 is 0 Å². The van der Waals surface area contributed by atoms with E-state index < -0.39 is 5.82 Å². The summed E-state index contributed by atoms with van der Waals surface area (Å²) in [5, 5.41) is 13.9. The zero-order valence-electron chi connectivity index (χ0n) is 11.7. The maximum absolute atomic E-state index is 13.9. The highest BCUT2D eigenvalue weighted by atomic mass is 19.1. The van der Waals surface area contributed by atoms with Gasteiger partial charge in [-0.3, -0.25) is 4.79 Å². The molecule has 0 bridgehead atoms. The molecule has 6 nitrogen and oxygen atoms in total. The number of nitrogens with two attached hydrogens (primary N) is 1. The van der Waals surface area contributed by atoms with Crippen molar-refractivity contribution in [3.8, 4) is 0 Å². The van der Waals surface area contributed by atoms with Gasteiger partial charge >= 0.3 is 0 Å². The molecule has 7 heteroatoms. The first-order valence-electron chi connectivity index (χ1n) is 6.76. The Kier molecular flexibility index (Phi) is 4.74. The summed E-state index contributed by atoms with van der Waals surface area (Å²) >= 11 is 0. The number of oxime groups is 1. The van der Waals surface area contributed by atoms with Crippen LogP contribution < -0.4 is 11.1 Å². The predicted octanol–water partition coefficient (Wildman–Crippen LogP) is 1.67. The molecular weight excluding hydrogens is 277 g/mol. The van der Waals surface area contributed by atoms with Gasteiger partial charge in [0.2, 0.25) is 5.91 Å². The molecule has 1 amide bonds. The van der Waals surface area contributed by atoms with Crippen LogP contribution in [0.4, 0.5) is 10.1 Å². The van der Waals surface area contributed by atoms with E-state index in [2.05, 4.69) is 10.5 Å². The third-order valence-electron chi connectivity index (χ3n) is 3.58. The average Bonchev–Trinajstić information content (AvgIpc) is 2.97. The molecule has 2 unspecified atom stereocenters. The van der Waals surface area contributed by atoms with E-state index in [1.54, 1.807) is 0 Å². The first-order chi connectivity index (χ1) is 10.1. The Balaban J connectivity index is 2.11. The van der Waals surface area contributed by atoms with Crippen LogP contribution in [-0.2, 0) is 9.53 Å². The number of rotatable bonds is 4. The van der Waals surface area contributed by atoms with Crippen molar-refractivity contribution >= 4 is 17.4 Å². The van der Waals surface area contributed by atoms with Crippen molar-refractivity contribution < 1.29 is 19.1 Å². The molecule has 1 heterocycles. The van der Waals surface area contributed by atoms with E-state index in [1.165, 1.54) is 12.1 Å². The van der Waals surface area contributed by atoms with Gasteiger partial charge in [-0.25, -0.2) is 4.39 Å². The summed E-state index contributed by atoms with van der Waals surface area (Å²) in [6, 6.07) is 3.96. The Labute approximate surface area is 121 Å². The molecule has 1 fully saturated rings. The number of amides is 1. The van der Waals surface area contributed by atoms with Gasteiger partial charge in [0.1, 0.15) is 5.82 Å². The minimum absolute atomic E-state index is 0.0660. The molecule has 1 saturated heterocycles. The normalized spacial score (nSPS) is 22.3. The number of nitrogens with one attached hydrogen (secondary N) is 1. The topological polar surface area (TPSA) is 96.9 Å². The maximum atomic E-state index is 13.9. The molecule has 0 radical (unpaired) electrons. The van der Waals surface area contributed by atoms with Crippen LogP contribution in [0.15, 0.2) is 23.4 Å². The summed E-state index contributed by atoms with van der Waals surface area (Å²) in [4.78, 5) is 12.2. The SMILES string of the molecule is CCC1OCCC1C(=O)Nc1ccc(/C(N)=N/O)cc1F. The fourth-order valence-electron chi connectivity index (χ4n) is 2.41. The van der Waals surface area contributed by atoms with E-state index in [1.807, 2.05) is 6.92 Å². The van der Waals surface area contributed by atoms with E-state index in [0.717, 1.165) is 12.5 Å². The van der Waals surface area contributed by atoms with Crippen LogP contribution in [0.5, 0.6) is 0 Å². The van der Waals surface area contributed by atoms with Crippen molar-refractivity contribution in [2.45, 2.75) is 25.9 Å². The van der Waals surface area contributed by atoms with Crippen molar-refractivity contribution in [2.75, 3.05) is 11.9 Å². The number of anilines is 1. The number of benzene rings is 1. The number of halogens is 1.